The van der Waals surface area contributed by atoms with Crippen LogP contribution in [0.3, 0.4) is 0 Å². The molecule has 4 nitrogen and oxygen atoms in total. The van der Waals surface area contributed by atoms with E-state index < -0.39 is 0 Å². The standard InChI is InChI=1S/C13H26N2O2/c1-4-17-13(16)14-10-12(11(2)3)15-8-6-5-7-9-15/h11-12H,4-10H2,1-3H3,(H,14,16). The Morgan fingerprint density at radius 2 is 1.94 bits per heavy atom. The predicted octanol–water partition coefficient (Wildman–Crippen LogP) is 2.24. The Balaban J connectivity index is 2.39. The summed E-state index contributed by atoms with van der Waals surface area (Å²) < 4.78 is 4.89. The molecule has 0 spiro atoms. The van der Waals surface area contributed by atoms with Gasteiger partial charge in [-0.3, -0.25) is 4.90 Å². The lowest BCUT2D eigenvalue weighted by atomic mass is 9.99. The van der Waals surface area contributed by atoms with Crippen molar-refractivity contribution in [2.75, 3.05) is 26.2 Å². The number of hydrogen-bond acceptors (Lipinski definition) is 3. The third-order valence-electron chi connectivity index (χ3n) is 3.36. The zero-order valence-electron chi connectivity index (χ0n) is 11.4. The minimum absolute atomic E-state index is 0.296. The minimum Gasteiger partial charge on any atom is -0.450 e. The maximum absolute atomic E-state index is 11.3. The molecule has 0 aromatic heterocycles. The molecule has 1 aliphatic rings. The molecule has 1 unspecified atom stereocenters. The molecule has 1 heterocycles. The molecule has 1 fully saturated rings. The number of hydrogen-bond donors (Lipinski definition) is 1. The highest BCUT2D eigenvalue weighted by Crippen LogP contribution is 2.16. The van der Waals surface area contributed by atoms with E-state index in [1.54, 1.807) is 0 Å². The predicted molar refractivity (Wildman–Crippen MR) is 69.1 cm³/mol. The zero-order valence-corrected chi connectivity index (χ0v) is 11.4. The maximum Gasteiger partial charge on any atom is 0.407 e. The molecule has 100 valence electrons. The fourth-order valence-corrected chi connectivity index (χ4v) is 2.41. The molecule has 1 amide bonds. The SMILES string of the molecule is CCOC(=O)NCC(C(C)C)N1CCCCC1. The first kappa shape index (κ1) is 14.3. The highest BCUT2D eigenvalue weighted by Gasteiger charge is 2.23. The van der Waals surface area contributed by atoms with Crippen molar-refractivity contribution < 1.29 is 9.53 Å². The number of carbonyl (C=O) groups excluding carboxylic acids is 1. The van der Waals surface area contributed by atoms with Gasteiger partial charge in [-0.25, -0.2) is 4.79 Å². The third-order valence-corrected chi connectivity index (χ3v) is 3.36. The number of rotatable bonds is 5. The first-order valence-corrected chi connectivity index (χ1v) is 6.79. The van der Waals surface area contributed by atoms with Crippen LogP contribution in [0.4, 0.5) is 4.79 Å². The summed E-state index contributed by atoms with van der Waals surface area (Å²) in [5, 5.41) is 2.86. The fourth-order valence-electron chi connectivity index (χ4n) is 2.41. The van der Waals surface area contributed by atoms with Crippen molar-refractivity contribution in [2.45, 2.75) is 46.1 Å². The molecule has 0 saturated carbocycles. The van der Waals surface area contributed by atoms with Crippen LogP contribution in [0, 0.1) is 5.92 Å². The van der Waals surface area contributed by atoms with Gasteiger partial charge in [0.15, 0.2) is 0 Å². The molecule has 4 heteroatoms. The van der Waals surface area contributed by atoms with Crippen LogP contribution >= 0.6 is 0 Å². The van der Waals surface area contributed by atoms with Gasteiger partial charge >= 0.3 is 6.09 Å². The van der Waals surface area contributed by atoms with Crippen LogP contribution in [-0.4, -0.2) is 43.3 Å². The highest BCUT2D eigenvalue weighted by atomic mass is 16.5. The lowest BCUT2D eigenvalue weighted by Crippen LogP contribution is -2.48. The van der Waals surface area contributed by atoms with Crippen molar-refractivity contribution in [1.29, 1.82) is 0 Å². The van der Waals surface area contributed by atoms with Gasteiger partial charge < -0.3 is 10.1 Å². The number of piperidine rings is 1. The smallest absolute Gasteiger partial charge is 0.407 e. The van der Waals surface area contributed by atoms with Crippen molar-refractivity contribution in [3.05, 3.63) is 0 Å². The molecule has 1 aliphatic heterocycles. The van der Waals surface area contributed by atoms with Crippen molar-refractivity contribution in [2.24, 2.45) is 5.92 Å². The second-order valence-electron chi connectivity index (χ2n) is 5.01. The van der Waals surface area contributed by atoms with Crippen LogP contribution in [0.15, 0.2) is 0 Å². The van der Waals surface area contributed by atoms with Gasteiger partial charge in [0.25, 0.3) is 0 Å². The van der Waals surface area contributed by atoms with Crippen LogP contribution < -0.4 is 5.32 Å². The van der Waals surface area contributed by atoms with Gasteiger partial charge in [-0.2, -0.15) is 0 Å². The first-order valence-electron chi connectivity index (χ1n) is 6.79. The molecule has 0 bridgehead atoms. The van der Waals surface area contributed by atoms with E-state index in [0.29, 0.717) is 25.1 Å². The second-order valence-corrected chi connectivity index (χ2v) is 5.01. The monoisotopic (exact) mass is 242 g/mol. The van der Waals surface area contributed by atoms with E-state index in [1.807, 2.05) is 6.92 Å². The van der Waals surface area contributed by atoms with Crippen LogP contribution in [0.2, 0.25) is 0 Å². The van der Waals surface area contributed by atoms with Crippen LogP contribution in [0.1, 0.15) is 40.0 Å². The summed E-state index contributed by atoms with van der Waals surface area (Å²) in [6.45, 7) is 9.70. The van der Waals surface area contributed by atoms with Gasteiger partial charge in [-0.05, 0) is 38.8 Å². The van der Waals surface area contributed by atoms with Crippen molar-refractivity contribution >= 4 is 6.09 Å². The van der Waals surface area contributed by atoms with Crippen molar-refractivity contribution in [1.82, 2.24) is 10.2 Å². The number of likely N-dealkylation sites (tertiary alicyclic amines) is 1. The lowest BCUT2D eigenvalue weighted by molar-refractivity contribution is 0.116. The molecule has 17 heavy (non-hydrogen) atoms. The van der Waals surface area contributed by atoms with Crippen LogP contribution in [0.5, 0.6) is 0 Å². The Bertz CT molecular complexity index is 225. The van der Waals surface area contributed by atoms with E-state index in [1.165, 1.54) is 19.3 Å². The molecule has 0 aromatic rings. The molecule has 1 atom stereocenters. The Morgan fingerprint density at radius 3 is 2.47 bits per heavy atom. The largest absolute Gasteiger partial charge is 0.450 e. The van der Waals surface area contributed by atoms with Gasteiger partial charge in [0, 0.05) is 12.6 Å². The summed E-state index contributed by atoms with van der Waals surface area (Å²) in [4.78, 5) is 13.8. The number of nitrogens with one attached hydrogen (secondary N) is 1. The van der Waals surface area contributed by atoms with Gasteiger partial charge in [-0.1, -0.05) is 20.3 Å². The molecule has 0 aliphatic carbocycles. The minimum atomic E-state index is -0.296. The van der Waals surface area contributed by atoms with Crippen molar-refractivity contribution in [3.63, 3.8) is 0 Å². The van der Waals surface area contributed by atoms with Gasteiger partial charge in [0.2, 0.25) is 0 Å². The normalized spacial score (nSPS) is 19.1. The Labute approximate surface area is 105 Å². The molecule has 0 radical (unpaired) electrons. The Hall–Kier alpha value is -0.770. The van der Waals surface area contributed by atoms with Gasteiger partial charge in [0.05, 0.1) is 6.61 Å². The van der Waals surface area contributed by atoms with Gasteiger partial charge in [-0.15, -0.1) is 0 Å². The number of ether oxygens (including phenoxy) is 1. The average Bonchev–Trinajstić information content (AvgIpc) is 2.30. The quantitative estimate of drug-likeness (QED) is 0.804. The Morgan fingerprint density at radius 1 is 1.29 bits per heavy atom. The average molecular weight is 242 g/mol. The maximum atomic E-state index is 11.3. The molecular weight excluding hydrogens is 216 g/mol. The number of amides is 1. The molecule has 0 aromatic carbocycles. The summed E-state index contributed by atoms with van der Waals surface area (Å²) in [5.74, 6) is 0.551. The summed E-state index contributed by atoms with van der Waals surface area (Å²) in [6, 6.07) is 0.430. The van der Waals surface area contributed by atoms with E-state index in [2.05, 4.69) is 24.1 Å². The second kappa shape index (κ2) is 7.54. The summed E-state index contributed by atoms with van der Waals surface area (Å²) in [7, 11) is 0. The van der Waals surface area contributed by atoms with Crippen molar-refractivity contribution in [3.8, 4) is 0 Å². The van der Waals surface area contributed by atoms with E-state index in [9.17, 15) is 4.79 Å². The fraction of sp³-hybridized carbons (Fsp3) is 0.923. The van der Waals surface area contributed by atoms with E-state index >= 15 is 0 Å². The highest BCUT2D eigenvalue weighted by molar-refractivity contribution is 5.67. The number of alkyl carbamates (subject to hydrolysis) is 1. The van der Waals surface area contributed by atoms with Crippen LogP contribution in [0.25, 0.3) is 0 Å². The summed E-state index contributed by atoms with van der Waals surface area (Å²) in [5.41, 5.74) is 0. The van der Waals surface area contributed by atoms with E-state index in [0.717, 1.165) is 13.1 Å². The number of carbonyl (C=O) groups is 1. The number of nitrogens with zero attached hydrogens (tertiary/aromatic N) is 1. The van der Waals surface area contributed by atoms with E-state index in [-0.39, 0.29) is 6.09 Å². The lowest BCUT2D eigenvalue weighted by Gasteiger charge is -2.36. The Kier molecular flexibility index (Phi) is 6.34. The van der Waals surface area contributed by atoms with Gasteiger partial charge in [0.1, 0.15) is 0 Å². The zero-order chi connectivity index (χ0) is 12.7. The van der Waals surface area contributed by atoms with E-state index in [4.69, 9.17) is 4.74 Å². The topological polar surface area (TPSA) is 41.6 Å². The summed E-state index contributed by atoms with van der Waals surface area (Å²) in [6.07, 6.45) is 3.60. The molecule has 1 N–H and O–H groups in total. The molecule has 1 saturated heterocycles. The molecule has 1 rings (SSSR count). The third kappa shape index (κ3) is 4.94. The summed E-state index contributed by atoms with van der Waals surface area (Å²) >= 11 is 0. The van der Waals surface area contributed by atoms with Crippen LogP contribution in [-0.2, 0) is 4.74 Å². The molecular formula is C13H26N2O2. The first-order chi connectivity index (χ1) is 8.15.